The molecule has 57 heavy (non-hydrogen) atoms. The number of alkyl halides is 3. The fraction of sp³-hybridized carbons (Fsp3) is 0.641. The fourth-order valence-corrected chi connectivity index (χ4v) is 4.37. The summed E-state index contributed by atoms with van der Waals surface area (Å²) in [6.07, 6.45) is -4.95. The van der Waals surface area contributed by atoms with Crippen LogP contribution in [0.25, 0.3) is 0 Å². The zero-order chi connectivity index (χ0) is 41.5. The Labute approximate surface area is 333 Å². The van der Waals surface area contributed by atoms with E-state index in [2.05, 4.69) is 10.6 Å². The summed E-state index contributed by atoms with van der Waals surface area (Å²) in [7, 11) is 0. The van der Waals surface area contributed by atoms with Gasteiger partial charge in [-0.15, -0.1) is 0 Å². The average molecular weight is 821 g/mol. The van der Waals surface area contributed by atoms with Crippen LogP contribution < -0.4 is 10.6 Å². The third-order valence-corrected chi connectivity index (χ3v) is 6.97. The number of rotatable bonds is 33. The van der Waals surface area contributed by atoms with E-state index in [9.17, 15) is 22.8 Å². The predicted molar refractivity (Wildman–Crippen MR) is 203 cm³/mol. The molecule has 2 aromatic carbocycles. The van der Waals surface area contributed by atoms with Gasteiger partial charge in [0.1, 0.15) is 12.2 Å². The second kappa shape index (κ2) is 30.5. The third-order valence-electron chi connectivity index (χ3n) is 6.97. The van der Waals surface area contributed by atoms with Gasteiger partial charge in [0.2, 0.25) is 0 Å². The van der Waals surface area contributed by atoms with Gasteiger partial charge in [0, 0.05) is 12.2 Å². The molecule has 0 aliphatic rings. The Balaban J connectivity index is 1.28. The number of hydrogen-bond acceptors (Lipinski definition) is 14. The number of esters is 1. The van der Waals surface area contributed by atoms with Gasteiger partial charge in [-0.25, -0.2) is 9.59 Å². The highest BCUT2D eigenvalue weighted by Crippen LogP contribution is 2.32. The molecule has 0 spiro atoms. The maximum absolute atomic E-state index is 13.1. The van der Waals surface area contributed by atoms with Gasteiger partial charge in [0.15, 0.2) is 0 Å². The van der Waals surface area contributed by atoms with Crippen molar-refractivity contribution in [3.05, 3.63) is 59.7 Å². The molecule has 0 unspecified atom stereocenters. The molecule has 15 nitrogen and oxygen atoms in total. The molecule has 324 valence electrons. The molecule has 1 amide bonds. The van der Waals surface area contributed by atoms with Crippen molar-refractivity contribution >= 4 is 23.4 Å². The van der Waals surface area contributed by atoms with Crippen LogP contribution in [-0.2, 0) is 58.3 Å². The van der Waals surface area contributed by atoms with E-state index < -0.39 is 29.4 Å². The molecule has 0 aliphatic carbocycles. The lowest BCUT2D eigenvalue weighted by Gasteiger charge is -2.19. The third kappa shape index (κ3) is 26.9. The molecule has 0 saturated carbocycles. The highest BCUT2D eigenvalue weighted by Gasteiger charge is 2.30. The predicted octanol–water partition coefficient (Wildman–Crippen LogP) is 5.28. The summed E-state index contributed by atoms with van der Waals surface area (Å²) in [5, 5.41) is 5.47. The first-order valence-corrected chi connectivity index (χ1v) is 18.8. The number of carbonyl (C=O) groups is 2. The number of ether oxygens (including phenoxy) is 11. The number of hydrogen-bond donors (Lipinski definition) is 2. The molecule has 2 aromatic rings. The Morgan fingerprint density at radius 3 is 1.40 bits per heavy atom. The molecule has 0 aromatic heterocycles. The van der Waals surface area contributed by atoms with Crippen LogP contribution in [0.3, 0.4) is 0 Å². The van der Waals surface area contributed by atoms with Gasteiger partial charge < -0.3 is 62.7 Å². The number of para-hydroxylation sites is 1. The number of halogens is 3. The molecule has 0 atom stereocenters. The van der Waals surface area contributed by atoms with Gasteiger partial charge in [0.25, 0.3) is 0 Å². The molecule has 0 heterocycles. The van der Waals surface area contributed by atoms with E-state index in [0.717, 1.165) is 12.1 Å². The molecule has 0 radical (unpaired) electrons. The summed E-state index contributed by atoms with van der Waals surface area (Å²) in [4.78, 5) is 24.1. The molecule has 0 aliphatic heterocycles. The van der Waals surface area contributed by atoms with Gasteiger partial charge in [-0.1, -0.05) is 18.2 Å². The number of anilines is 2. The minimum Gasteiger partial charge on any atom is -0.460 e. The molecular weight excluding hydrogens is 761 g/mol. The second-order valence-corrected chi connectivity index (χ2v) is 12.8. The summed E-state index contributed by atoms with van der Waals surface area (Å²) >= 11 is 0. The summed E-state index contributed by atoms with van der Waals surface area (Å²) < 4.78 is 98.6. The van der Waals surface area contributed by atoms with E-state index >= 15 is 0 Å². The van der Waals surface area contributed by atoms with Gasteiger partial charge in [-0.2, -0.15) is 13.2 Å². The normalized spacial score (nSPS) is 11.8. The number of alkyl carbamates (subject to hydrolysis) is 1. The van der Waals surface area contributed by atoms with Gasteiger partial charge in [-0.05, 0) is 51.1 Å². The number of amides is 1. The molecule has 0 bridgehead atoms. The van der Waals surface area contributed by atoms with E-state index in [4.69, 9.17) is 52.1 Å². The Hall–Kier alpha value is -3.59. The lowest BCUT2D eigenvalue weighted by Crippen LogP contribution is -2.34. The molecule has 2 N–H and O–H groups in total. The lowest BCUT2D eigenvalue weighted by molar-refractivity contribution is -0.137. The Bertz CT molecular complexity index is 1350. The zero-order valence-corrected chi connectivity index (χ0v) is 33.2. The van der Waals surface area contributed by atoms with Crippen LogP contribution in [0.1, 0.15) is 36.7 Å². The van der Waals surface area contributed by atoms with Crippen molar-refractivity contribution < 1.29 is 74.9 Å². The first kappa shape index (κ1) is 49.6. The standard InChI is InChI=1S/C39H59F3N2O13/c1-38(2,3)57-37(46)43-11-12-47-13-14-48-15-16-49-17-18-50-19-20-51-21-22-52-23-24-53-25-26-54-27-28-55-29-30-56-36(45)34-9-4-5-10-35(34)44-33-8-6-7-32(31-33)39(40,41)42/h4-10,31,44H,11-30H2,1-3H3,(H,43,46). The fourth-order valence-electron chi connectivity index (χ4n) is 4.37. The zero-order valence-electron chi connectivity index (χ0n) is 33.2. The number of carbonyl (C=O) groups excluding carboxylic acids is 2. The summed E-state index contributed by atoms with van der Waals surface area (Å²) in [5.41, 5.74) is -0.636. The first-order chi connectivity index (χ1) is 27.5. The Morgan fingerprint density at radius 2 is 0.965 bits per heavy atom. The SMILES string of the molecule is CC(C)(C)OC(=O)NCCOCCOCCOCCOCCOCCOCCOCCOCCOCCOC(=O)c1ccccc1Nc1cccc(C(F)(F)F)c1. The van der Waals surface area contributed by atoms with Crippen LogP contribution in [0.15, 0.2) is 48.5 Å². The summed E-state index contributed by atoms with van der Waals surface area (Å²) in [6.45, 7) is 13.0. The molecule has 0 fully saturated rings. The largest absolute Gasteiger partial charge is 0.460 e. The van der Waals surface area contributed by atoms with Crippen LogP contribution in [0.2, 0.25) is 0 Å². The van der Waals surface area contributed by atoms with E-state index in [1.54, 1.807) is 39.0 Å². The quantitative estimate of drug-likeness (QED) is 0.0708. The van der Waals surface area contributed by atoms with Crippen molar-refractivity contribution in [2.45, 2.75) is 32.5 Å². The Morgan fingerprint density at radius 1 is 0.544 bits per heavy atom. The van der Waals surface area contributed by atoms with Crippen LogP contribution in [0.4, 0.5) is 29.3 Å². The van der Waals surface area contributed by atoms with Crippen molar-refractivity contribution in [3.63, 3.8) is 0 Å². The first-order valence-electron chi connectivity index (χ1n) is 18.8. The Kier molecular flexibility index (Phi) is 26.5. The van der Waals surface area contributed by atoms with Crippen LogP contribution in [-0.4, -0.2) is 150 Å². The van der Waals surface area contributed by atoms with E-state index in [1.807, 2.05) is 0 Å². The van der Waals surface area contributed by atoms with Gasteiger partial charge in [0.05, 0.1) is 136 Å². The minimum atomic E-state index is -4.48. The van der Waals surface area contributed by atoms with Crippen molar-refractivity contribution in [1.29, 1.82) is 0 Å². The van der Waals surface area contributed by atoms with E-state index in [-0.39, 0.29) is 24.5 Å². The van der Waals surface area contributed by atoms with E-state index in [1.165, 1.54) is 18.2 Å². The van der Waals surface area contributed by atoms with Gasteiger partial charge in [-0.3, -0.25) is 0 Å². The molecule has 18 heteroatoms. The van der Waals surface area contributed by atoms with Gasteiger partial charge >= 0.3 is 18.2 Å². The average Bonchev–Trinajstić information content (AvgIpc) is 3.16. The maximum atomic E-state index is 13.1. The van der Waals surface area contributed by atoms with Crippen LogP contribution in [0.5, 0.6) is 0 Å². The molecule has 0 saturated heterocycles. The van der Waals surface area contributed by atoms with E-state index in [0.29, 0.717) is 125 Å². The molecule has 2 rings (SSSR count). The van der Waals surface area contributed by atoms with Crippen molar-refractivity contribution in [3.8, 4) is 0 Å². The highest BCUT2D eigenvalue weighted by atomic mass is 19.4. The van der Waals surface area contributed by atoms with Crippen molar-refractivity contribution in [2.24, 2.45) is 0 Å². The monoisotopic (exact) mass is 820 g/mol. The van der Waals surface area contributed by atoms with Crippen LogP contribution in [0, 0.1) is 0 Å². The van der Waals surface area contributed by atoms with Crippen molar-refractivity contribution in [2.75, 3.05) is 137 Å². The second-order valence-electron chi connectivity index (χ2n) is 12.8. The topological polar surface area (TPSA) is 160 Å². The van der Waals surface area contributed by atoms with Crippen LogP contribution >= 0.6 is 0 Å². The summed E-state index contributed by atoms with van der Waals surface area (Å²) in [6, 6.07) is 11.1. The molecular formula is C39H59F3N2O13. The minimum absolute atomic E-state index is 0.00787. The maximum Gasteiger partial charge on any atom is 0.416 e. The summed E-state index contributed by atoms with van der Waals surface area (Å²) in [5.74, 6) is -0.634. The van der Waals surface area contributed by atoms with Crippen molar-refractivity contribution in [1.82, 2.24) is 5.32 Å². The number of benzene rings is 2. The smallest absolute Gasteiger partial charge is 0.416 e. The highest BCUT2D eigenvalue weighted by molar-refractivity contribution is 5.96. The lowest BCUT2D eigenvalue weighted by atomic mass is 10.1. The number of nitrogens with one attached hydrogen (secondary N) is 2.